The zero-order valence-electron chi connectivity index (χ0n) is 34.5. The number of carbonyl (C=O) groups excluding carboxylic acids is 2. The smallest absolute Gasteiger partial charge is 0.322 e. The number of esters is 1. The van der Waals surface area contributed by atoms with E-state index in [1.165, 1.54) is 57.8 Å². The summed E-state index contributed by atoms with van der Waals surface area (Å²) in [6.07, 6.45) is 58.8. The first-order valence-corrected chi connectivity index (χ1v) is 21.7. The van der Waals surface area contributed by atoms with E-state index < -0.39 is 5.97 Å². The lowest BCUT2D eigenvalue weighted by Crippen LogP contribution is -2.28. The Morgan fingerprint density at radius 1 is 0.500 bits per heavy atom. The van der Waals surface area contributed by atoms with Gasteiger partial charge < -0.3 is 15.2 Å². The molecule has 0 saturated carbocycles. The molecule has 2 N–H and O–H groups in total. The molecular formula is C48H79NO5. The summed E-state index contributed by atoms with van der Waals surface area (Å²) < 4.78 is 5.91. The van der Waals surface area contributed by atoms with Gasteiger partial charge >= 0.3 is 11.9 Å². The minimum Gasteiger partial charge on any atom is -0.480 e. The van der Waals surface area contributed by atoms with Gasteiger partial charge in [-0.05, 0) is 89.5 Å². The van der Waals surface area contributed by atoms with Gasteiger partial charge in [0.25, 0.3) is 0 Å². The summed E-state index contributed by atoms with van der Waals surface area (Å²) in [5.74, 6) is -1.31. The zero-order chi connectivity index (χ0) is 39.4. The molecule has 1 amide bonds. The van der Waals surface area contributed by atoms with Crippen LogP contribution < -0.4 is 5.32 Å². The van der Waals surface area contributed by atoms with Crippen LogP contribution in [0.15, 0.2) is 85.1 Å². The molecule has 6 heteroatoms. The first-order chi connectivity index (χ1) is 26.5. The van der Waals surface area contributed by atoms with Crippen LogP contribution in [0, 0.1) is 0 Å². The van der Waals surface area contributed by atoms with Crippen molar-refractivity contribution >= 4 is 17.8 Å². The predicted octanol–water partition coefficient (Wildman–Crippen LogP) is 13.6. The summed E-state index contributed by atoms with van der Waals surface area (Å²) in [6.45, 7) is 3.98. The summed E-state index contributed by atoms with van der Waals surface area (Å²) in [7, 11) is 0. The van der Waals surface area contributed by atoms with Gasteiger partial charge in [0.15, 0.2) is 0 Å². The van der Waals surface area contributed by atoms with E-state index in [4.69, 9.17) is 9.84 Å². The number of ether oxygens (including phenoxy) is 1. The molecule has 0 aromatic rings. The SMILES string of the molecule is CC/C=C\C/C=C\C/C=C\C/C=C\CCCCCCCCCCCCC(=O)OC(/C=C\C/C=C\C/C=C\CC)CCCCCCCCC(=O)NCC(=O)O. The second kappa shape index (κ2) is 42.3. The Hall–Kier alpha value is -3.41. The van der Waals surface area contributed by atoms with Gasteiger partial charge in [-0.1, -0.05) is 170 Å². The highest BCUT2D eigenvalue weighted by atomic mass is 16.5. The minimum atomic E-state index is -1.02. The summed E-state index contributed by atoms with van der Waals surface area (Å²) in [5.41, 5.74) is 0. The number of aliphatic carboxylic acids is 1. The molecule has 0 saturated heterocycles. The topological polar surface area (TPSA) is 92.7 Å². The first-order valence-electron chi connectivity index (χ1n) is 21.7. The number of rotatable bonds is 38. The van der Waals surface area contributed by atoms with Gasteiger partial charge in [0.2, 0.25) is 5.91 Å². The Morgan fingerprint density at radius 3 is 1.41 bits per heavy atom. The molecule has 1 unspecified atom stereocenters. The lowest BCUT2D eigenvalue weighted by atomic mass is 10.0. The monoisotopic (exact) mass is 750 g/mol. The van der Waals surface area contributed by atoms with Gasteiger partial charge in [0.05, 0.1) is 0 Å². The van der Waals surface area contributed by atoms with Gasteiger partial charge in [-0.25, -0.2) is 0 Å². The Bertz CT molecular complexity index is 1100. The molecule has 0 aliphatic rings. The van der Waals surface area contributed by atoms with Crippen molar-refractivity contribution in [2.75, 3.05) is 6.54 Å². The number of carboxylic acid groups (broad SMARTS) is 1. The van der Waals surface area contributed by atoms with Crippen molar-refractivity contribution in [2.45, 2.75) is 193 Å². The average molecular weight is 750 g/mol. The molecule has 0 spiro atoms. The number of carbonyl (C=O) groups is 3. The standard InChI is InChI=1S/C48H79NO5/c1-3-5-7-9-11-13-14-15-16-17-18-19-20-21-22-23-24-25-26-27-29-35-39-43-48(53)54-45(40-36-32-28-12-10-8-6-4-2)41-37-33-30-31-34-38-42-46(50)49-44-47(51)52/h5-8,11-13,15-16,18-19,28,36,40,45H,3-4,9-10,14,17,20-27,29-35,37-39,41-44H2,1-2H3,(H,49,50)(H,51,52)/b7-5-,8-6-,13-11-,16-15-,19-18-,28-12-,40-36-. The molecular weight excluding hydrogens is 671 g/mol. The van der Waals surface area contributed by atoms with Gasteiger partial charge in [-0.3, -0.25) is 14.4 Å². The van der Waals surface area contributed by atoms with Crippen molar-refractivity contribution in [3.63, 3.8) is 0 Å². The van der Waals surface area contributed by atoms with E-state index in [9.17, 15) is 14.4 Å². The highest BCUT2D eigenvalue weighted by Gasteiger charge is 2.11. The number of hydrogen-bond donors (Lipinski definition) is 2. The third-order valence-corrected chi connectivity index (χ3v) is 9.05. The number of amides is 1. The fraction of sp³-hybridized carbons (Fsp3) is 0.646. The molecule has 0 rings (SSSR count). The summed E-state index contributed by atoms with van der Waals surface area (Å²) in [5, 5.41) is 11.0. The largest absolute Gasteiger partial charge is 0.480 e. The van der Waals surface area contributed by atoms with Gasteiger partial charge in [-0.2, -0.15) is 0 Å². The zero-order valence-corrected chi connectivity index (χ0v) is 34.5. The fourth-order valence-corrected chi connectivity index (χ4v) is 5.91. The van der Waals surface area contributed by atoms with E-state index in [-0.39, 0.29) is 24.5 Å². The quantitative estimate of drug-likeness (QED) is 0.0372. The van der Waals surface area contributed by atoms with Crippen LogP contribution in [-0.4, -0.2) is 35.6 Å². The van der Waals surface area contributed by atoms with Crippen molar-refractivity contribution < 1.29 is 24.2 Å². The minimum absolute atomic E-state index is 0.0867. The lowest BCUT2D eigenvalue weighted by Gasteiger charge is -2.14. The van der Waals surface area contributed by atoms with Crippen LogP contribution in [0.1, 0.15) is 187 Å². The van der Waals surface area contributed by atoms with Crippen molar-refractivity contribution in [3.05, 3.63) is 85.1 Å². The number of carboxylic acids is 1. The van der Waals surface area contributed by atoms with E-state index in [1.807, 2.05) is 0 Å². The number of nitrogens with one attached hydrogen (secondary N) is 1. The molecule has 0 aliphatic carbocycles. The number of allylic oxidation sites excluding steroid dienone is 13. The Morgan fingerprint density at radius 2 is 0.907 bits per heavy atom. The van der Waals surface area contributed by atoms with Crippen LogP contribution >= 0.6 is 0 Å². The molecule has 0 heterocycles. The molecule has 0 bridgehead atoms. The molecule has 0 aliphatic heterocycles. The molecule has 0 radical (unpaired) electrons. The molecule has 306 valence electrons. The van der Waals surface area contributed by atoms with Crippen LogP contribution in [0.3, 0.4) is 0 Å². The Kier molecular flexibility index (Phi) is 39.7. The molecule has 0 aromatic carbocycles. The summed E-state index contributed by atoms with van der Waals surface area (Å²) in [6, 6.07) is 0. The van der Waals surface area contributed by atoms with Crippen LogP contribution in [0.2, 0.25) is 0 Å². The van der Waals surface area contributed by atoms with Crippen LogP contribution in [-0.2, 0) is 19.1 Å². The number of unbranched alkanes of at least 4 members (excludes halogenated alkanes) is 15. The fourth-order valence-electron chi connectivity index (χ4n) is 5.91. The second-order valence-corrected chi connectivity index (χ2v) is 14.2. The second-order valence-electron chi connectivity index (χ2n) is 14.2. The molecule has 1 atom stereocenters. The van der Waals surface area contributed by atoms with E-state index in [2.05, 4.69) is 104 Å². The third-order valence-electron chi connectivity index (χ3n) is 9.05. The maximum atomic E-state index is 12.7. The maximum absolute atomic E-state index is 12.7. The third kappa shape index (κ3) is 41.3. The van der Waals surface area contributed by atoms with Gasteiger partial charge in [0, 0.05) is 12.8 Å². The highest BCUT2D eigenvalue weighted by molar-refractivity contribution is 5.80. The Labute approximate surface area is 331 Å². The van der Waals surface area contributed by atoms with Crippen LogP contribution in [0.5, 0.6) is 0 Å². The molecule has 0 fully saturated rings. The van der Waals surface area contributed by atoms with Gasteiger partial charge in [0.1, 0.15) is 12.6 Å². The maximum Gasteiger partial charge on any atom is 0.322 e. The van der Waals surface area contributed by atoms with E-state index >= 15 is 0 Å². The molecule has 6 nitrogen and oxygen atoms in total. The predicted molar refractivity (Wildman–Crippen MR) is 231 cm³/mol. The van der Waals surface area contributed by atoms with Crippen molar-refractivity contribution in [1.82, 2.24) is 5.32 Å². The van der Waals surface area contributed by atoms with Crippen molar-refractivity contribution in [3.8, 4) is 0 Å². The van der Waals surface area contributed by atoms with Crippen molar-refractivity contribution in [1.29, 1.82) is 0 Å². The van der Waals surface area contributed by atoms with Gasteiger partial charge in [-0.15, -0.1) is 0 Å². The van der Waals surface area contributed by atoms with Crippen LogP contribution in [0.25, 0.3) is 0 Å². The highest BCUT2D eigenvalue weighted by Crippen LogP contribution is 2.16. The van der Waals surface area contributed by atoms with E-state index in [0.29, 0.717) is 12.8 Å². The van der Waals surface area contributed by atoms with E-state index in [0.717, 1.165) is 103 Å². The average Bonchev–Trinajstić information content (AvgIpc) is 3.16. The lowest BCUT2D eigenvalue weighted by molar-refractivity contribution is -0.147. The van der Waals surface area contributed by atoms with Crippen LogP contribution in [0.4, 0.5) is 0 Å². The first kappa shape index (κ1) is 50.6. The summed E-state index contributed by atoms with van der Waals surface area (Å²) >= 11 is 0. The Balaban J connectivity index is 4.05. The molecule has 0 aromatic heterocycles. The summed E-state index contributed by atoms with van der Waals surface area (Å²) in [4.78, 5) is 34.9. The van der Waals surface area contributed by atoms with E-state index in [1.54, 1.807) is 0 Å². The normalized spacial score (nSPS) is 12.9. The molecule has 54 heavy (non-hydrogen) atoms. The van der Waals surface area contributed by atoms with Crippen molar-refractivity contribution in [2.24, 2.45) is 0 Å². The number of hydrogen-bond acceptors (Lipinski definition) is 4.